The van der Waals surface area contributed by atoms with Gasteiger partial charge in [-0.1, -0.05) is 17.4 Å². The standard InChI is InChI=1S/C18H18N4O2S/c1-2-14-17(19-5-1)25-18(20-14)22-8-6-21(7-9-22)11-13-3-4-15-16(10-13)24-12-23-15/h1-5,10H,6-9,11-12H2. The molecule has 2 aliphatic rings. The van der Waals surface area contributed by atoms with E-state index in [1.807, 2.05) is 24.4 Å². The van der Waals surface area contributed by atoms with Gasteiger partial charge in [0.2, 0.25) is 6.79 Å². The predicted octanol–water partition coefficient (Wildman–Crippen LogP) is 2.74. The highest BCUT2D eigenvalue weighted by molar-refractivity contribution is 7.21. The second-order valence-corrected chi connectivity index (χ2v) is 7.23. The van der Waals surface area contributed by atoms with Crippen LogP contribution in [0.2, 0.25) is 0 Å². The zero-order valence-corrected chi connectivity index (χ0v) is 14.5. The highest BCUT2D eigenvalue weighted by atomic mass is 32.1. The van der Waals surface area contributed by atoms with E-state index in [1.165, 1.54) is 5.56 Å². The third-order valence-electron chi connectivity index (χ3n) is 4.64. The molecule has 2 aliphatic heterocycles. The Hall–Kier alpha value is -2.38. The normalized spacial score (nSPS) is 17.4. The summed E-state index contributed by atoms with van der Waals surface area (Å²) in [6.45, 7) is 5.30. The number of hydrogen-bond acceptors (Lipinski definition) is 7. The first-order valence-corrected chi connectivity index (χ1v) is 9.24. The molecule has 3 aromatic rings. The molecule has 0 aliphatic carbocycles. The summed E-state index contributed by atoms with van der Waals surface area (Å²) < 4.78 is 10.8. The van der Waals surface area contributed by atoms with Gasteiger partial charge in [-0.25, -0.2) is 9.97 Å². The van der Waals surface area contributed by atoms with Crippen LogP contribution in [0.4, 0.5) is 5.13 Å². The Morgan fingerprint density at radius 3 is 2.80 bits per heavy atom. The van der Waals surface area contributed by atoms with E-state index in [0.717, 1.165) is 59.7 Å². The number of hydrogen-bond donors (Lipinski definition) is 0. The maximum atomic E-state index is 5.47. The van der Waals surface area contributed by atoms with Gasteiger partial charge in [0.05, 0.1) is 0 Å². The van der Waals surface area contributed by atoms with Gasteiger partial charge in [-0.2, -0.15) is 0 Å². The molecule has 1 aromatic carbocycles. The quantitative estimate of drug-likeness (QED) is 0.721. The van der Waals surface area contributed by atoms with Gasteiger partial charge in [0, 0.05) is 38.9 Å². The van der Waals surface area contributed by atoms with E-state index in [1.54, 1.807) is 11.3 Å². The number of ether oxygens (including phenoxy) is 2. The second kappa shape index (κ2) is 6.16. The molecule has 0 saturated carbocycles. The molecular weight excluding hydrogens is 336 g/mol. The fourth-order valence-electron chi connectivity index (χ4n) is 3.29. The first kappa shape index (κ1) is 14.9. The maximum Gasteiger partial charge on any atom is 0.231 e. The summed E-state index contributed by atoms with van der Waals surface area (Å²) in [6.07, 6.45) is 1.83. The molecule has 7 heteroatoms. The highest BCUT2D eigenvalue weighted by Gasteiger charge is 2.21. The number of anilines is 1. The molecule has 1 saturated heterocycles. The minimum atomic E-state index is 0.328. The van der Waals surface area contributed by atoms with Crippen molar-refractivity contribution in [3.8, 4) is 11.5 Å². The first-order valence-electron chi connectivity index (χ1n) is 8.42. The first-order chi connectivity index (χ1) is 12.3. The lowest BCUT2D eigenvalue weighted by atomic mass is 10.1. The van der Waals surface area contributed by atoms with Gasteiger partial charge < -0.3 is 14.4 Å². The van der Waals surface area contributed by atoms with Gasteiger partial charge in [0.1, 0.15) is 10.3 Å². The van der Waals surface area contributed by atoms with Gasteiger partial charge in [-0.05, 0) is 29.8 Å². The summed E-state index contributed by atoms with van der Waals surface area (Å²) in [5.74, 6) is 1.70. The minimum absolute atomic E-state index is 0.328. The monoisotopic (exact) mass is 354 g/mol. The molecule has 4 heterocycles. The number of thiazole rings is 1. The Labute approximate surface area is 149 Å². The van der Waals surface area contributed by atoms with Crippen LogP contribution in [-0.4, -0.2) is 47.8 Å². The van der Waals surface area contributed by atoms with E-state index in [4.69, 9.17) is 14.5 Å². The largest absolute Gasteiger partial charge is 0.454 e. The molecule has 0 N–H and O–H groups in total. The van der Waals surface area contributed by atoms with Crippen molar-refractivity contribution in [3.05, 3.63) is 42.1 Å². The smallest absolute Gasteiger partial charge is 0.231 e. The molecule has 25 heavy (non-hydrogen) atoms. The van der Waals surface area contributed by atoms with Crippen LogP contribution in [0.25, 0.3) is 10.3 Å². The average Bonchev–Trinajstić information content (AvgIpc) is 3.28. The average molecular weight is 354 g/mol. The molecule has 6 nitrogen and oxygen atoms in total. The predicted molar refractivity (Wildman–Crippen MR) is 97.5 cm³/mol. The van der Waals surface area contributed by atoms with E-state index >= 15 is 0 Å². The highest BCUT2D eigenvalue weighted by Crippen LogP contribution is 2.33. The van der Waals surface area contributed by atoms with Crippen LogP contribution < -0.4 is 14.4 Å². The summed E-state index contributed by atoms with van der Waals surface area (Å²) in [5.41, 5.74) is 2.26. The molecule has 0 bridgehead atoms. The fraction of sp³-hybridized carbons (Fsp3) is 0.333. The third-order valence-corrected chi connectivity index (χ3v) is 5.68. The lowest BCUT2D eigenvalue weighted by Gasteiger charge is -2.34. The van der Waals surface area contributed by atoms with Crippen LogP contribution in [0.3, 0.4) is 0 Å². The molecule has 0 amide bonds. The van der Waals surface area contributed by atoms with Crippen LogP contribution in [0, 0.1) is 0 Å². The summed E-state index contributed by atoms with van der Waals surface area (Å²) in [4.78, 5) is 15.0. The van der Waals surface area contributed by atoms with Crippen molar-refractivity contribution in [1.82, 2.24) is 14.9 Å². The number of rotatable bonds is 3. The van der Waals surface area contributed by atoms with Crippen molar-refractivity contribution in [2.24, 2.45) is 0 Å². The van der Waals surface area contributed by atoms with Crippen molar-refractivity contribution in [2.45, 2.75) is 6.54 Å². The zero-order chi connectivity index (χ0) is 16.6. The number of piperazine rings is 1. The molecule has 0 atom stereocenters. The molecule has 2 aromatic heterocycles. The van der Waals surface area contributed by atoms with Gasteiger partial charge in [0.15, 0.2) is 16.6 Å². The van der Waals surface area contributed by atoms with E-state index < -0.39 is 0 Å². The summed E-state index contributed by atoms with van der Waals surface area (Å²) in [6, 6.07) is 10.2. The number of aromatic nitrogens is 2. The van der Waals surface area contributed by atoms with Crippen LogP contribution in [0.1, 0.15) is 5.56 Å². The lowest BCUT2D eigenvalue weighted by Crippen LogP contribution is -2.45. The Morgan fingerprint density at radius 1 is 1.04 bits per heavy atom. The van der Waals surface area contributed by atoms with Crippen molar-refractivity contribution in [1.29, 1.82) is 0 Å². The summed E-state index contributed by atoms with van der Waals surface area (Å²) in [7, 11) is 0. The van der Waals surface area contributed by atoms with Gasteiger partial charge in [-0.3, -0.25) is 4.90 Å². The zero-order valence-electron chi connectivity index (χ0n) is 13.7. The summed E-state index contributed by atoms with van der Waals surface area (Å²) >= 11 is 1.68. The SMILES string of the molecule is c1cnc2sc(N3CCN(Cc4ccc5c(c4)OCO5)CC3)nc2c1. The Kier molecular flexibility index (Phi) is 3.68. The molecule has 5 rings (SSSR count). The summed E-state index contributed by atoms with van der Waals surface area (Å²) in [5, 5.41) is 1.08. The fourth-order valence-corrected chi connectivity index (χ4v) is 4.25. The van der Waals surface area contributed by atoms with E-state index in [0.29, 0.717) is 6.79 Å². The Morgan fingerprint density at radius 2 is 1.92 bits per heavy atom. The van der Waals surface area contributed by atoms with Crippen molar-refractivity contribution >= 4 is 26.8 Å². The van der Waals surface area contributed by atoms with Crippen molar-refractivity contribution < 1.29 is 9.47 Å². The number of benzene rings is 1. The molecule has 0 radical (unpaired) electrons. The maximum absolute atomic E-state index is 5.47. The van der Waals surface area contributed by atoms with Crippen LogP contribution in [0.15, 0.2) is 36.5 Å². The Bertz CT molecular complexity index is 872. The molecule has 128 valence electrons. The van der Waals surface area contributed by atoms with Crippen LogP contribution in [0.5, 0.6) is 11.5 Å². The molecular formula is C18H18N4O2S. The van der Waals surface area contributed by atoms with Crippen LogP contribution in [-0.2, 0) is 6.54 Å². The molecule has 0 spiro atoms. The van der Waals surface area contributed by atoms with Gasteiger partial charge in [-0.15, -0.1) is 0 Å². The van der Waals surface area contributed by atoms with E-state index in [-0.39, 0.29) is 0 Å². The van der Waals surface area contributed by atoms with Gasteiger partial charge in [0.25, 0.3) is 0 Å². The molecule has 1 fully saturated rings. The number of pyridine rings is 1. The van der Waals surface area contributed by atoms with E-state index in [2.05, 4.69) is 26.9 Å². The van der Waals surface area contributed by atoms with E-state index in [9.17, 15) is 0 Å². The van der Waals surface area contributed by atoms with Crippen molar-refractivity contribution in [2.75, 3.05) is 37.9 Å². The number of fused-ring (bicyclic) bond motifs is 2. The van der Waals surface area contributed by atoms with Crippen LogP contribution >= 0.6 is 11.3 Å². The minimum Gasteiger partial charge on any atom is -0.454 e. The van der Waals surface area contributed by atoms with Gasteiger partial charge >= 0.3 is 0 Å². The molecule has 0 unspecified atom stereocenters. The van der Waals surface area contributed by atoms with Crippen molar-refractivity contribution in [3.63, 3.8) is 0 Å². The third kappa shape index (κ3) is 2.89. The lowest BCUT2D eigenvalue weighted by molar-refractivity contribution is 0.174. The second-order valence-electron chi connectivity index (χ2n) is 6.27. The number of nitrogens with zero attached hydrogens (tertiary/aromatic N) is 4. The Balaban J connectivity index is 1.23. The topological polar surface area (TPSA) is 50.7 Å².